The molecule has 27 heavy (non-hydrogen) atoms. The number of rotatable bonds is 10. The van der Waals surface area contributed by atoms with Crippen molar-refractivity contribution in [3.8, 4) is 0 Å². The van der Waals surface area contributed by atoms with Crippen LogP contribution < -0.4 is 16.0 Å². The van der Waals surface area contributed by atoms with E-state index in [1.807, 2.05) is 6.92 Å². The van der Waals surface area contributed by atoms with Gasteiger partial charge in [-0.1, -0.05) is 19.9 Å². The van der Waals surface area contributed by atoms with Gasteiger partial charge in [-0.2, -0.15) is 4.31 Å². The van der Waals surface area contributed by atoms with E-state index in [4.69, 9.17) is 0 Å². The predicted octanol–water partition coefficient (Wildman–Crippen LogP) is 0.593. The Bertz CT molecular complexity index is 723. The number of nitrogens with one attached hydrogen (secondary N) is 3. The molecular formula is C17H29ClN4O4S. The topological polar surface area (TPSA) is 108 Å². The molecule has 1 unspecified atom stereocenters. The van der Waals surface area contributed by atoms with Crippen molar-refractivity contribution in [2.45, 2.75) is 31.7 Å². The first-order chi connectivity index (χ1) is 12.3. The second-order valence-corrected chi connectivity index (χ2v) is 7.73. The van der Waals surface area contributed by atoms with Crippen LogP contribution in [0.25, 0.3) is 0 Å². The van der Waals surface area contributed by atoms with Crippen LogP contribution in [0.1, 0.15) is 31.1 Å². The van der Waals surface area contributed by atoms with E-state index < -0.39 is 15.9 Å². The third-order valence-electron chi connectivity index (χ3n) is 3.95. The fraction of sp³-hybridized carbons (Fsp3) is 0.529. The van der Waals surface area contributed by atoms with Crippen molar-refractivity contribution in [1.29, 1.82) is 0 Å². The summed E-state index contributed by atoms with van der Waals surface area (Å²) in [6, 6.07) is 5.93. The number of sulfonamides is 1. The lowest BCUT2D eigenvalue weighted by molar-refractivity contribution is -0.120. The van der Waals surface area contributed by atoms with Gasteiger partial charge in [0.15, 0.2) is 0 Å². The summed E-state index contributed by atoms with van der Waals surface area (Å²) in [6.07, 6.45) is 0. The number of nitrogens with zero attached hydrogens (tertiary/aromatic N) is 1. The van der Waals surface area contributed by atoms with Gasteiger partial charge in [-0.25, -0.2) is 8.42 Å². The normalized spacial score (nSPS) is 12.2. The van der Waals surface area contributed by atoms with Crippen molar-refractivity contribution < 1.29 is 18.0 Å². The largest absolute Gasteiger partial charge is 0.353 e. The molecule has 1 atom stereocenters. The fourth-order valence-electron chi connectivity index (χ4n) is 2.20. The molecule has 1 rings (SSSR count). The zero-order valence-electron chi connectivity index (χ0n) is 16.1. The number of likely N-dealkylation sites (N-methyl/N-ethyl adjacent to an activating group) is 1. The maximum Gasteiger partial charge on any atom is 0.251 e. The molecule has 0 heterocycles. The van der Waals surface area contributed by atoms with Crippen molar-refractivity contribution in [1.82, 2.24) is 20.3 Å². The number of hydrogen-bond acceptors (Lipinski definition) is 5. The second kappa shape index (κ2) is 11.9. The van der Waals surface area contributed by atoms with Crippen LogP contribution in [0.3, 0.4) is 0 Å². The summed E-state index contributed by atoms with van der Waals surface area (Å²) in [5.74, 6) is -0.814. The first-order valence-electron chi connectivity index (χ1n) is 8.58. The van der Waals surface area contributed by atoms with E-state index in [0.717, 1.165) is 0 Å². The molecule has 0 aromatic heterocycles. The summed E-state index contributed by atoms with van der Waals surface area (Å²) in [5, 5.41) is 8.17. The number of halogens is 1. The number of hydrogen-bond donors (Lipinski definition) is 3. The van der Waals surface area contributed by atoms with Crippen molar-refractivity contribution in [3.63, 3.8) is 0 Å². The zero-order valence-corrected chi connectivity index (χ0v) is 17.7. The average molecular weight is 421 g/mol. The number of carbonyl (C=O) groups is 2. The Balaban J connectivity index is 0.00000676. The highest BCUT2D eigenvalue weighted by molar-refractivity contribution is 7.89. The molecule has 0 aliphatic rings. The van der Waals surface area contributed by atoms with E-state index in [1.165, 1.54) is 28.6 Å². The molecule has 1 aromatic carbocycles. The molecule has 1 aromatic rings. The maximum absolute atomic E-state index is 12.5. The van der Waals surface area contributed by atoms with E-state index in [0.29, 0.717) is 19.6 Å². The van der Waals surface area contributed by atoms with Gasteiger partial charge in [-0.15, -0.1) is 12.4 Å². The molecule has 0 aliphatic carbocycles. The van der Waals surface area contributed by atoms with Crippen LogP contribution in [0, 0.1) is 0 Å². The highest BCUT2D eigenvalue weighted by atomic mass is 35.5. The van der Waals surface area contributed by atoms with Gasteiger partial charge in [0.05, 0.1) is 11.4 Å². The standard InChI is InChI=1S/C17H28N4O4S.ClH/c1-5-21(6-2)26(24,25)15-9-7-8-14(10-15)17(23)20-12-16(22)19-11-13(3)18-4;/h7-10,13,18H,5-6,11-12H2,1-4H3,(H,19,22)(H,20,23);1H. The quantitative estimate of drug-likeness (QED) is 0.513. The van der Waals surface area contributed by atoms with Gasteiger partial charge < -0.3 is 16.0 Å². The van der Waals surface area contributed by atoms with E-state index in [-0.39, 0.29) is 41.4 Å². The van der Waals surface area contributed by atoms with Gasteiger partial charge in [-0.3, -0.25) is 9.59 Å². The molecule has 154 valence electrons. The molecular weight excluding hydrogens is 392 g/mol. The molecule has 8 nitrogen and oxygen atoms in total. The first-order valence-corrected chi connectivity index (χ1v) is 10.0. The highest BCUT2D eigenvalue weighted by Gasteiger charge is 2.22. The minimum absolute atomic E-state index is 0. The molecule has 0 bridgehead atoms. The van der Waals surface area contributed by atoms with Crippen LogP contribution in [0.4, 0.5) is 0 Å². The molecule has 0 radical (unpaired) electrons. The highest BCUT2D eigenvalue weighted by Crippen LogP contribution is 2.16. The van der Waals surface area contributed by atoms with Crippen LogP contribution in [-0.4, -0.2) is 63.8 Å². The van der Waals surface area contributed by atoms with Crippen LogP contribution in [0.15, 0.2) is 29.2 Å². The molecule has 0 spiro atoms. The Hall–Kier alpha value is -1.68. The molecule has 10 heteroatoms. The Morgan fingerprint density at radius 1 is 1.15 bits per heavy atom. The van der Waals surface area contributed by atoms with Gasteiger partial charge in [-0.05, 0) is 32.2 Å². The lowest BCUT2D eigenvalue weighted by Gasteiger charge is -2.18. The minimum Gasteiger partial charge on any atom is -0.353 e. The number of benzene rings is 1. The van der Waals surface area contributed by atoms with Crippen LogP contribution in [0.2, 0.25) is 0 Å². The van der Waals surface area contributed by atoms with Crippen LogP contribution in [-0.2, 0) is 14.8 Å². The lowest BCUT2D eigenvalue weighted by Crippen LogP contribution is -2.42. The molecule has 0 saturated carbocycles. The van der Waals surface area contributed by atoms with Gasteiger partial charge in [0.25, 0.3) is 5.91 Å². The SMILES string of the molecule is CCN(CC)S(=O)(=O)c1cccc(C(=O)NCC(=O)NCC(C)NC)c1.Cl. The van der Waals surface area contributed by atoms with Crippen LogP contribution >= 0.6 is 12.4 Å². The molecule has 0 aliphatic heterocycles. The summed E-state index contributed by atoms with van der Waals surface area (Å²) in [7, 11) is -1.85. The van der Waals surface area contributed by atoms with Gasteiger partial charge >= 0.3 is 0 Å². The summed E-state index contributed by atoms with van der Waals surface area (Å²) in [5.41, 5.74) is 0.189. The van der Waals surface area contributed by atoms with E-state index >= 15 is 0 Å². The van der Waals surface area contributed by atoms with Gasteiger partial charge in [0, 0.05) is 31.2 Å². The average Bonchev–Trinajstić information content (AvgIpc) is 2.64. The smallest absolute Gasteiger partial charge is 0.251 e. The summed E-state index contributed by atoms with van der Waals surface area (Å²) < 4.78 is 26.4. The van der Waals surface area contributed by atoms with Crippen LogP contribution in [0.5, 0.6) is 0 Å². The number of amides is 2. The Labute approximate surface area is 167 Å². The molecule has 2 amide bonds. The van der Waals surface area contributed by atoms with E-state index in [1.54, 1.807) is 20.9 Å². The summed E-state index contributed by atoms with van der Waals surface area (Å²) >= 11 is 0. The minimum atomic E-state index is -3.64. The third-order valence-corrected chi connectivity index (χ3v) is 5.99. The molecule has 0 fully saturated rings. The Morgan fingerprint density at radius 3 is 2.33 bits per heavy atom. The Morgan fingerprint density at radius 2 is 1.78 bits per heavy atom. The first kappa shape index (κ1) is 25.3. The van der Waals surface area contributed by atoms with Crippen molar-refractivity contribution in [2.24, 2.45) is 0 Å². The summed E-state index contributed by atoms with van der Waals surface area (Å²) in [6.45, 7) is 6.39. The zero-order chi connectivity index (χ0) is 19.7. The van der Waals surface area contributed by atoms with Gasteiger partial charge in [0.1, 0.15) is 0 Å². The molecule has 0 saturated heterocycles. The monoisotopic (exact) mass is 420 g/mol. The van der Waals surface area contributed by atoms with E-state index in [9.17, 15) is 18.0 Å². The summed E-state index contributed by atoms with van der Waals surface area (Å²) in [4.78, 5) is 24.0. The molecule has 3 N–H and O–H groups in total. The van der Waals surface area contributed by atoms with Crippen molar-refractivity contribution >= 4 is 34.2 Å². The maximum atomic E-state index is 12.5. The van der Waals surface area contributed by atoms with Crippen molar-refractivity contribution in [2.75, 3.05) is 33.2 Å². The number of carbonyl (C=O) groups excluding carboxylic acids is 2. The Kier molecular flexibility index (Phi) is 11.2. The lowest BCUT2D eigenvalue weighted by atomic mass is 10.2. The van der Waals surface area contributed by atoms with Gasteiger partial charge in [0.2, 0.25) is 15.9 Å². The van der Waals surface area contributed by atoms with Crippen molar-refractivity contribution in [3.05, 3.63) is 29.8 Å². The third kappa shape index (κ3) is 7.45. The van der Waals surface area contributed by atoms with E-state index in [2.05, 4.69) is 16.0 Å². The predicted molar refractivity (Wildman–Crippen MR) is 108 cm³/mol. The fourth-order valence-corrected chi connectivity index (χ4v) is 3.71. The second-order valence-electron chi connectivity index (χ2n) is 5.79.